The molecule has 0 saturated heterocycles. The average molecular weight is 551 g/mol. The molecule has 0 fully saturated rings. The average Bonchev–Trinajstić information content (AvgIpc) is 2.95. The molecule has 4 rings (SSSR count). The van der Waals surface area contributed by atoms with Crippen LogP contribution in [-0.2, 0) is 16.1 Å². The first-order valence-electron chi connectivity index (χ1n) is 12.9. The molecular formula is C29H31ClN4O5. The van der Waals surface area contributed by atoms with E-state index < -0.39 is 17.9 Å². The van der Waals surface area contributed by atoms with Crippen LogP contribution >= 0.6 is 11.6 Å². The van der Waals surface area contributed by atoms with E-state index in [9.17, 15) is 14.4 Å². The van der Waals surface area contributed by atoms with E-state index in [0.29, 0.717) is 35.4 Å². The van der Waals surface area contributed by atoms with Crippen LogP contribution in [0.15, 0.2) is 67.0 Å². The van der Waals surface area contributed by atoms with Gasteiger partial charge >= 0.3 is 0 Å². The van der Waals surface area contributed by atoms with Gasteiger partial charge in [0.15, 0.2) is 0 Å². The number of hydrogen-bond donors (Lipinski definition) is 3. The number of pyridine rings is 1. The van der Waals surface area contributed by atoms with Gasteiger partial charge in [0.05, 0.1) is 18.4 Å². The molecule has 0 spiro atoms. The third kappa shape index (κ3) is 8.71. The number of carbonyl (C=O) groups is 3. The highest BCUT2D eigenvalue weighted by molar-refractivity contribution is 6.31. The quantitative estimate of drug-likeness (QED) is 0.433. The molecule has 1 aliphatic rings. The van der Waals surface area contributed by atoms with Crippen LogP contribution in [0.5, 0.6) is 17.2 Å². The van der Waals surface area contributed by atoms with Crippen molar-refractivity contribution < 1.29 is 23.9 Å². The highest BCUT2D eigenvalue weighted by Gasteiger charge is 2.24. The van der Waals surface area contributed by atoms with Crippen molar-refractivity contribution in [2.75, 3.05) is 13.2 Å². The molecule has 0 aliphatic carbocycles. The third-order valence-corrected chi connectivity index (χ3v) is 6.36. The Morgan fingerprint density at radius 3 is 2.72 bits per heavy atom. The zero-order valence-corrected chi connectivity index (χ0v) is 22.2. The van der Waals surface area contributed by atoms with Gasteiger partial charge in [-0.25, -0.2) is 0 Å². The second-order valence-electron chi connectivity index (χ2n) is 9.12. The molecule has 2 heterocycles. The van der Waals surface area contributed by atoms with E-state index in [0.717, 1.165) is 24.8 Å². The van der Waals surface area contributed by atoms with Crippen LogP contribution in [0.4, 0.5) is 0 Å². The Kier molecular flexibility index (Phi) is 10.1. The van der Waals surface area contributed by atoms with Crippen LogP contribution in [0.3, 0.4) is 0 Å². The normalized spacial score (nSPS) is 16.8. The lowest BCUT2D eigenvalue weighted by atomic mass is 10.1. The predicted molar refractivity (Wildman–Crippen MR) is 147 cm³/mol. The van der Waals surface area contributed by atoms with Gasteiger partial charge in [-0.15, -0.1) is 0 Å². The van der Waals surface area contributed by atoms with Gasteiger partial charge < -0.3 is 25.4 Å². The summed E-state index contributed by atoms with van der Waals surface area (Å²) in [6, 6.07) is 14.7. The molecule has 1 atom stereocenters. The minimum atomic E-state index is -0.937. The Morgan fingerprint density at radius 1 is 1.08 bits per heavy atom. The summed E-state index contributed by atoms with van der Waals surface area (Å²) >= 11 is 6.15. The largest absolute Gasteiger partial charge is 0.493 e. The molecule has 1 aromatic heterocycles. The lowest BCUT2D eigenvalue weighted by Crippen LogP contribution is -2.47. The highest BCUT2D eigenvalue weighted by atomic mass is 35.5. The number of hydrogen-bond acceptors (Lipinski definition) is 6. The number of amides is 3. The Labute approximate surface area is 232 Å². The summed E-state index contributed by atoms with van der Waals surface area (Å²) in [5.74, 6) is 0.587. The Hall–Kier alpha value is -4.11. The van der Waals surface area contributed by atoms with Crippen molar-refractivity contribution in [3.05, 3.63) is 83.1 Å². The van der Waals surface area contributed by atoms with Gasteiger partial charge in [-0.2, -0.15) is 0 Å². The van der Waals surface area contributed by atoms with Gasteiger partial charge in [-0.05, 0) is 73.7 Å². The third-order valence-electron chi connectivity index (χ3n) is 6.13. The van der Waals surface area contributed by atoms with E-state index in [1.165, 1.54) is 6.07 Å². The van der Waals surface area contributed by atoms with Crippen LogP contribution in [0.25, 0.3) is 0 Å². The van der Waals surface area contributed by atoms with E-state index in [2.05, 4.69) is 20.9 Å². The minimum Gasteiger partial charge on any atom is -0.493 e. The topological polar surface area (TPSA) is 119 Å². The van der Waals surface area contributed by atoms with Gasteiger partial charge in [0.25, 0.3) is 5.91 Å². The molecule has 9 nitrogen and oxygen atoms in total. The zero-order chi connectivity index (χ0) is 27.5. The summed E-state index contributed by atoms with van der Waals surface area (Å²) in [6.45, 7) is 1.21. The molecule has 2 aromatic carbocycles. The number of nitrogens with one attached hydrogen (secondary N) is 3. The summed E-state index contributed by atoms with van der Waals surface area (Å²) in [6.07, 6.45) is 5.99. The Balaban J connectivity index is 1.43. The van der Waals surface area contributed by atoms with Crippen molar-refractivity contribution in [2.24, 2.45) is 0 Å². The van der Waals surface area contributed by atoms with Gasteiger partial charge in [-0.1, -0.05) is 23.7 Å². The predicted octanol–water partition coefficient (Wildman–Crippen LogP) is 4.40. The van der Waals surface area contributed by atoms with Crippen molar-refractivity contribution in [1.29, 1.82) is 0 Å². The highest BCUT2D eigenvalue weighted by Crippen LogP contribution is 2.24. The number of halogens is 1. The van der Waals surface area contributed by atoms with Gasteiger partial charge in [-0.3, -0.25) is 19.4 Å². The second kappa shape index (κ2) is 14.2. The summed E-state index contributed by atoms with van der Waals surface area (Å²) in [5.41, 5.74) is 1.08. The first-order valence-corrected chi connectivity index (χ1v) is 13.3. The molecule has 1 aliphatic heterocycles. The van der Waals surface area contributed by atoms with E-state index in [-0.39, 0.29) is 30.9 Å². The lowest BCUT2D eigenvalue weighted by molar-refractivity contribution is -0.124. The van der Waals surface area contributed by atoms with Crippen LogP contribution in [0.1, 0.15) is 48.0 Å². The van der Waals surface area contributed by atoms with E-state index in [4.69, 9.17) is 21.1 Å². The molecule has 3 N–H and O–H groups in total. The minimum absolute atomic E-state index is 0.0949. The van der Waals surface area contributed by atoms with Crippen LogP contribution in [0, 0.1) is 0 Å². The zero-order valence-electron chi connectivity index (χ0n) is 21.5. The van der Waals surface area contributed by atoms with Gasteiger partial charge in [0, 0.05) is 30.7 Å². The summed E-state index contributed by atoms with van der Waals surface area (Å²) < 4.78 is 11.6. The smallest absolute Gasteiger partial charge is 0.255 e. The molecule has 0 bridgehead atoms. The van der Waals surface area contributed by atoms with Crippen molar-refractivity contribution in [3.8, 4) is 17.2 Å². The second-order valence-corrected chi connectivity index (χ2v) is 9.55. The maximum Gasteiger partial charge on any atom is 0.255 e. The fraction of sp³-hybridized carbons (Fsp3) is 0.310. The standard InChI is InChI=1S/C29H31ClN4O5/c30-21-8-12-26-24(17-21)28(36)34-25(11-13-27(35)32-15-2-1-3-16-38-26)29(37)33-18-20-6-9-22(10-7-20)39-23-5-4-14-31-19-23/h4-10,12,14,17,19,25H,1-3,11,13,15-16,18H2,(H,32,35)(H,33,37)(H,34,36)/t25-/m0/s1. The van der Waals surface area contributed by atoms with E-state index in [1.54, 1.807) is 42.7 Å². The van der Waals surface area contributed by atoms with Gasteiger partial charge in [0.2, 0.25) is 11.8 Å². The molecular weight excluding hydrogens is 520 g/mol. The summed E-state index contributed by atoms with van der Waals surface area (Å²) in [5, 5.41) is 8.87. The van der Waals surface area contributed by atoms with Crippen molar-refractivity contribution in [2.45, 2.75) is 44.7 Å². The number of fused-ring (bicyclic) bond motifs is 1. The van der Waals surface area contributed by atoms with Crippen molar-refractivity contribution >= 4 is 29.3 Å². The fourth-order valence-corrected chi connectivity index (χ4v) is 4.19. The fourth-order valence-electron chi connectivity index (χ4n) is 4.02. The van der Waals surface area contributed by atoms with Crippen molar-refractivity contribution in [3.63, 3.8) is 0 Å². The van der Waals surface area contributed by atoms with Crippen LogP contribution < -0.4 is 25.4 Å². The number of ether oxygens (including phenoxy) is 2. The van der Waals surface area contributed by atoms with Crippen molar-refractivity contribution in [1.82, 2.24) is 20.9 Å². The molecule has 0 radical (unpaired) electrons. The van der Waals surface area contributed by atoms with Gasteiger partial charge in [0.1, 0.15) is 23.3 Å². The number of nitrogens with zero attached hydrogens (tertiary/aromatic N) is 1. The van der Waals surface area contributed by atoms with E-state index >= 15 is 0 Å². The number of rotatable bonds is 5. The maximum atomic E-state index is 13.2. The molecule has 204 valence electrons. The number of carbonyl (C=O) groups excluding carboxylic acids is 3. The number of aromatic nitrogens is 1. The van der Waals surface area contributed by atoms with Crippen LogP contribution in [-0.4, -0.2) is 41.9 Å². The molecule has 3 amide bonds. The molecule has 0 saturated carbocycles. The Morgan fingerprint density at radius 2 is 1.92 bits per heavy atom. The summed E-state index contributed by atoms with van der Waals surface area (Å²) in [7, 11) is 0. The Bertz CT molecular complexity index is 1270. The first kappa shape index (κ1) is 27.9. The first-order chi connectivity index (χ1) is 19.0. The summed E-state index contributed by atoms with van der Waals surface area (Å²) in [4.78, 5) is 42.7. The monoisotopic (exact) mass is 550 g/mol. The van der Waals surface area contributed by atoms with Crippen LogP contribution in [0.2, 0.25) is 5.02 Å². The lowest BCUT2D eigenvalue weighted by Gasteiger charge is -2.19. The molecule has 10 heteroatoms. The molecule has 3 aromatic rings. The molecule has 39 heavy (non-hydrogen) atoms. The number of benzene rings is 2. The SMILES string of the molecule is O=C1CC[C@@H](C(=O)NCc2ccc(Oc3cccnc3)cc2)NC(=O)c2cc(Cl)ccc2OCCCCCN1. The van der Waals surface area contributed by atoms with E-state index in [1.807, 2.05) is 18.2 Å². The maximum absolute atomic E-state index is 13.2. The molecule has 0 unspecified atom stereocenters.